The van der Waals surface area contributed by atoms with Gasteiger partial charge in [-0.1, -0.05) is 340 Å². The molecule has 4 aromatic heterocycles. The minimum atomic E-state index is -0.498. The number of rotatable bonds is 15. The number of nitrogens with zero attached hydrogens (tertiary/aromatic N) is 4. The van der Waals surface area contributed by atoms with Crippen LogP contribution in [0.5, 0.6) is 0 Å². The van der Waals surface area contributed by atoms with Crippen molar-refractivity contribution in [3.8, 4) is 106 Å². The predicted octanol–water partition coefficient (Wildman–Crippen LogP) is 32.5. The molecule has 0 aliphatic heterocycles. The third-order valence-electron chi connectivity index (χ3n) is 27.5. The normalized spacial score (nSPS) is 12.9. The van der Waals surface area contributed by atoms with Gasteiger partial charge in [0.15, 0.2) is 0 Å². The summed E-state index contributed by atoms with van der Waals surface area (Å²) in [5.74, 6) is 0. The molecule has 0 fully saturated rings. The van der Waals surface area contributed by atoms with E-state index in [9.17, 15) is 0 Å². The summed E-state index contributed by atoms with van der Waals surface area (Å²) < 4.78 is 25.3. The maximum absolute atomic E-state index is 6.26. The van der Waals surface area contributed by atoms with E-state index in [0.29, 0.717) is 0 Å². The number of anilines is 3. The lowest BCUT2D eigenvalue weighted by atomic mass is 9.67. The van der Waals surface area contributed by atoms with Crippen LogP contribution in [0.1, 0.15) is 44.5 Å². The van der Waals surface area contributed by atoms with Crippen molar-refractivity contribution >= 4 is 106 Å². The average Bonchev–Trinajstić information content (AvgIpc) is 1.54. The zero-order valence-corrected chi connectivity index (χ0v) is 70.7. The SMILES string of the molecule is c1ccc(C2(c3ccccc3)c3ccccc3-c3ccc(-c4ccc(-c5ccc6c(c5)c5cc(-c7ccc(-c8ccc9c(c8)C(c8ccccc8)(c8ccccc8)c8ccccc8-9)cc7)ccc5n6-c5ccc(-c6ccc(N(c7ccc(-c8ccc9oc%10ccccc%10c9c8)cc7)c7ccc(-c8ccc9oc%10ccccc%10c9c8)cc7)c7nsnc67)cc5)cc4)cc32)cc1. The second-order valence-corrected chi connectivity index (χ2v) is 34.7. The summed E-state index contributed by atoms with van der Waals surface area (Å²) >= 11 is 1.24. The highest BCUT2D eigenvalue weighted by Crippen LogP contribution is 2.59. The van der Waals surface area contributed by atoms with Crippen LogP contribution in [0.3, 0.4) is 0 Å². The number of furan rings is 2. The van der Waals surface area contributed by atoms with Gasteiger partial charge in [0.1, 0.15) is 33.4 Å². The molecule has 0 saturated heterocycles. The average molecular weight is 1660 g/mol. The molecule has 0 saturated carbocycles. The van der Waals surface area contributed by atoms with E-state index in [0.717, 1.165) is 155 Å². The standard InChI is InChI=1S/C122H76N4O2S/c1-5-21-90(22-6-1)121(91-23-7-2-8-24-91)108-33-17-13-29-98(108)100-63-51-88(75-110(100)121)79-41-37-77(38-42-79)84-53-66-112-104(71-84)105-72-85(78-39-43-80(44-40-78)89-52-64-101-99-30-14-18-34-109(99)122(111(101)76-89,92-25-9-3-10-26-92)93-27-11-4-12-28-93)54-67-113(105)126(112)96-61-49-83(50-62-96)97-65-68-114(120-119(97)123-129-124-120)125(94-57-45-81(46-58-94)86-55-69-117-106(73-86)102-31-15-19-35-115(102)127-117)95-59-47-82(48-60-95)87-56-70-118-107(74-87)103-32-16-20-36-116(103)128-118/h1-76H. The number of fused-ring (bicyclic) bond motifs is 16. The van der Waals surface area contributed by atoms with Crippen molar-refractivity contribution < 1.29 is 8.83 Å². The molecule has 2 aliphatic carbocycles. The van der Waals surface area contributed by atoms with Crippen molar-refractivity contribution in [3.63, 3.8) is 0 Å². The molecule has 0 spiro atoms. The fourth-order valence-corrected chi connectivity index (χ4v) is 22.1. The molecule has 0 bridgehead atoms. The summed E-state index contributed by atoms with van der Waals surface area (Å²) in [5.41, 5.74) is 41.4. The third-order valence-corrected chi connectivity index (χ3v) is 28.1. The molecular formula is C122H76N4O2S. The second-order valence-electron chi connectivity index (χ2n) is 34.2. The van der Waals surface area contributed by atoms with Gasteiger partial charge in [-0.3, -0.25) is 0 Å². The van der Waals surface area contributed by atoms with Crippen LogP contribution in [0, 0.1) is 0 Å². The van der Waals surface area contributed by atoms with Crippen LogP contribution in [-0.2, 0) is 10.8 Å². The monoisotopic (exact) mass is 1660 g/mol. The summed E-state index contributed by atoms with van der Waals surface area (Å²) in [5, 5.41) is 6.73. The van der Waals surface area contributed by atoms with Gasteiger partial charge in [-0.15, -0.1) is 0 Å². The van der Waals surface area contributed by atoms with Crippen molar-refractivity contribution in [3.05, 3.63) is 506 Å². The molecule has 4 heterocycles. The van der Waals surface area contributed by atoms with E-state index in [1.165, 1.54) is 100 Å². The van der Waals surface area contributed by atoms with Crippen molar-refractivity contribution in [2.75, 3.05) is 4.90 Å². The lowest BCUT2D eigenvalue weighted by molar-refractivity contribution is 0.668. The Bertz CT molecular complexity index is 8050. The molecule has 129 heavy (non-hydrogen) atoms. The van der Waals surface area contributed by atoms with Crippen LogP contribution < -0.4 is 4.90 Å². The Kier molecular flexibility index (Phi) is 16.9. The number of aromatic nitrogens is 3. The zero-order valence-electron chi connectivity index (χ0n) is 69.9. The van der Waals surface area contributed by atoms with E-state index >= 15 is 0 Å². The van der Waals surface area contributed by atoms with Gasteiger partial charge >= 0.3 is 0 Å². The molecule has 26 rings (SSSR count). The van der Waals surface area contributed by atoms with Gasteiger partial charge in [0.2, 0.25) is 0 Å². The Balaban J connectivity index is 0.568. The molecule has 0 atom stereocenters. The molecule has 0 unspecified atom stereocenters. The molecule has 602 valence electrons. The Morgan fingerprint density at radius 3 is 0.953 bits per heavy atom. The first-order valence-corrected chi connectivity index (χ1v) is 44.8. The highest BCUT2D eigenvalue weighted by molar-refractivity contribution is 7.00. The Morgan fingerprint density at radius 2 is 0.527 bits per heavy atom. The van der Waals surface area contributed by atoms with Gasteiger partial charge in [-0.2, -0.15) is 8.75 Å². The molecular weight excluding hydrogens is 1590 g/mol. The van der Waals surface area contributed by atoms with Crippen LogP contribution >= 0.6 is 11.7 Å². The molecule has 20 aromatic carbocycles. The highest BCUT2D eigenvalue weighted by atomic mass is 32.1. The largest absolute Gasteiger partial charge is 0.456 e. The summed E-state index contributed by atoms with van der Waals surface area (Å²) in [4.78, 5) is 2.32. The first-order chi connectivity index (χ1) is 63.9. The quantitative estimate of drug-likeness (QED) is 0.102. The maximum atomic E-state index is 6.26. The fourth-order valence-electron chi connectivity index (χ4n) is 21.5. The minimum Gasteiger partial charge on any atom is -0.456 e. The number of hydrogen-bond donors (Lipinski definition) is 0. The molecule has 0 N–H and O–H groups in total. The van der Waals surface area contributed by atoms with Crippen LogP contribution in [-0.4, -0.2) is 13.3 Å². The van der Waals surface area contributed by atoms with Crippen molar-refractivity contribution in [1.29, 1.82) is 0 Å². The summed E-state index contributed by atoms with van der Waals surface area (Å²) in [7, 11) is 0. The van der Waals surface area contributed by atoms with Gasteiger partial charge in [-0.25, -0.2) is 0 Å². The van der Waals surface area contributed by atoms with Crippen molar-refractivity contribution in [2.24, 2.45) is 0 Å². The smallest absolute Gasteiger partial charge is 0.135 e. The van der Waals surface area contributed by atoms with Crippen LogP contribution in [0.15, 0.2) is 470 Å². The molecule has 2 aliphatic rings. The van der Waals surface area contributed by atoms with Gasteiger partial charge < -0.3 is 18.3 Å². The number of para-hydroxylation sites is 2. The Labute approximate surface area is 749 Å². The maximum Gasteiger partial charge on any atom is 0.135 e. The summed E-state index contributed by atoms with van der Waals surface area (Å²) in [6.45, 7) is 0. The van der Waals surface area contributed by atoms with Crippen LogP contribution in [0.2, 0.25) is 0 Å². The first-order valence-electron chi connectivity index (χ1n) is 44.1. The van der Waals surface area contributed by atoms with E-state index < -0.39 is 10.8 Å². The van der Waals surface area contributed by atoms with E-state index in [1.807, 2.05) is 24.3 Å². The fraction of sp³-hybridized carbons (Fsp3) is 0.0164. The lowest BCUT2D eigenvalue weighted by Gasteiger charge is -2.34. The molecule has 7 heteroatoms. The highest BCUT2D eigenvalue weighted by Gasteiger charge is 2.48. The van der Waals surface area contributed by atoms with Gasteiger partial charge in [0.05, 0.1) is 39.3 Å². The number of hydrogen-bond acceptors (Lipinski definition) is 6. The van der Waals surface area contributed by atoms with E-state index in [1.54, 1.807) is 0 Å². The van der Waals surface area contributed by atoms with Gasteiger partial charge in [0.25, 0.3) is 0 Å². The second kappa shape index (κ2) is 29.5. The van der Waals surface area contributed by atoms with Crippen LogP contribution in [0.4, 0.5) is 17.1 Å². The van der Waals surface area contributed by atoms with E-state index in [2.05, 4.69) is 446 Å². The topological polar surface area (TPSA) is 60.2 Å². The molecule has 6 nitrogen and oxygen atoms in total. The van der Waals surface area contributed by atoms with Crippen molar-refractivity contribution in [2.45, 2.75) is 10.8 Å². The predicted molar refractivity (Wildman–Crippen MR) is 534 cm³/mol. The first kappa shape index (κ1) is 73.9. The van der Waals surface area contributed by atoms with Crippen molar-refractivity contribution in [1.82, 2.24) is 13.3 Å². The van der Waals surface area contributed by atoms with E-state index in [-0.39, 0.29) is 0 Å². The number of benzene rings is 20. The van der Waals surface area contributed by atoms with Crippen LogP contribution in [0.25, 0.3) is 183 Å². The summed E-state index contributed by atoms with van der Waals surface area (Å²) in [6.07, 6.45) is 0. The van der Waals surface area contributed by atoms with Gasteiger partial charge in [-0.05, 0) is 260 Å². The van der Waals surface area contributed by atoms with E-state index in [4.69, 9.17) is 17.6 Å². The minimum absolute atomic E-state index is 0.498. The Morgan fingerprint density at radius 1 is 0.217 bits per heavy atom. The Hall–Kier alpha value is -16.6. The zero-order chi connectivity index (χ0) is 84.8. The summed E-state index contributed by atoms with van der Waals surface area (Å²) in [6, 6.07) is 170. The molecule has 0 amide bonds. The molecule has 24 aromatic rings. The third kappa shape index (κ3) is 11.6. The molecule has 0 radical (unpaired) electrons. The lowest BCUT2D eigenvalue weighted by Crippen LogP contribution is -2.28. The van der Waals surface area contributed by atoms with Gasteiger partial charge in [0, 0.05) is 54.9 Å².